The summed E-state index contributed by atoms with van der Waals surface area (Å²) >= 11 is 23.3. The van der Waals surface area contributed by atoms with E-state index in [2.05, 4.69) is 10.6 Å². The molecule has 0 saturated carbocycles. The number of anilines is 1. The lowest BCUT2D eigenvalue weighted by atomic mass is 10.1. The minimum absolute atomic E-state index is 0.461. The van der Waals surface area contributed by atoms with Crippen molar-refractivity contribution < 1.29 is 9.47 Å². The second-order valence-electron chi connectivity index (χ2n) is 5.07. The average Bonchev–Trinajstić information content (AvgIpc) is 2.59. The van der Waals surface area contributed by atoms with Gasteiger partial charge in [0.1, 0.15) is 11.5 Å². The third kappa shape index (κ3) is 5.54. The highest BCUT2D eigenvalue weighted by Crippen LogP contribution is 2.35. The van der Waals surface area contributed by atoms with E-state index >= 15 is 0 Å². The van der Waals surface area contributed by atoms with Crippen LogP contribution < -0.4 is 20.1 Å². The van der Waals surface area contributed by atoms with Gasteiger partial charge in [0.05, 0.1) is 35.0 Å². The van der Waals surface area contributed by atoms with Crippen LogP contribution in [0.25, 0.3) is 0 Å². The predicted molar refractivity (Wildman–Crippen MR) is 109 cm³/mol. The van der Waals surface area contributed by atoms with E-state index in [0.29, 0.717) is 43.9 Å². The highest BCUT2D eigenvalue weighted by atomic mass is 35.5. The van der Waals surface area contributed by atoms with Crippen LogP contribution in [-0.4, -0.2) is 25.9 Å². The predicted octanol–water partition coefficient (Wildman–Crippen LogP) is 5.19. The maximum absolute atomic E-state index is 6.09. The van der Waals surface area contributed by atoms with Gasteiger partial charge in [-0.3, -0.25) is 0 Å². The first-order chi connectivity index (χ1) is 11.9. The maximum atomic E-state index is 6.09. The first-order valence-electron chi connectivity index (χ1n) is 7.35. The van der Waals surface area contributed by atoms with Crippen molar-refractivity contribution in [2.75, 3.05) is 26.1 Å². The van der Waals surface area contributed by atoms with Crippen molar-refractivity contribution in [3.63, 3.8) is 0 Å². The number of benzene rings is 2. The van der Waals surface area contributed by atoms with Gasteiger partial charge < -0.3 is 20.1 Å². The van der Waals surface area contributed by atoms with E-state index in [-0.39, 0.29) is 0 Å². The van der Waals surface area contributed by atoms with Crippen LogP contribution in [0.4, 0.5) is 5.69 Å². The molecule has 2 aromatic carbocycles. The van der Waals surface area contributed by atoms with Gasteiger partial charge >= 0.3 is 0 Å². The molecule has 4 nitrogen and oxygen atoms in total. The molecule has 0 radical (unpaired) electrons. The summed E-state index contributed by atoms with van der Waals surface area (Å²) in [4.78, 5) is 0. The van der Waals surface area contributed by atoms with E-state index in [1.807, 2.05) is 12.1 Å². The molecule has 0 saturated heterocycles. The Labute approximate surface area is 167 Å². The van der Waals surface area contributed by atoms with Gasteiger partial charge in [-0.2, -0.15) is 0 Å². The molecule has 0 aliphatic carbocycles. The summed E-state index contributed by atoms with van der Waals surface area (Å²) in [7, 11) is 3.11. The molecule has 134 valence electrons. The Hall–Kier alpha value is -1.40. The van der Waals surface area contributed by atoms with Crippen molar-refractivity contribution in [1.29, 1.82) is 0 Å². The molecule has 0 atom stereocenters. The molecule has 2 rings (SSSR count). The smallest absolute Gasteiger partial charge is 0.170 e. The molecular formula is C17H17Cl3N2O2S. The summed E-state index contributed by atoms with van der Waals surface area (Å²) < 4.78 is 10.5. The summed E-state index contributed by atoms with van der Waals surface area (Å²) in [6.07, 6.45) is 0.750. The van der Waals surface area contributed by atoms with Crippen LogP contribution in [-0.2, 0) is 6.42 Å². The Bertz CT molecular complexity index is 772. The Morgan fingerprint density at radius 2 is 1.68 bits per heavy atom. The van der Waals surface area contributed by atoms with Gasteiger partial charge in [-0.05, 0) is 36.3 Å². The molecule has 0 aromatic heterocycles. The summed E-state index contributed by atoms with van der Waals surface area (Å²) in [5, 5.41) is 8.21. The van der Waals surface area contributed by atoms with Gasteiger partial charge in [-0.15, -0.1) is 0 Å². The molecule has 0 spiro atoms. The molecule has 0 bridgehead atoms. The van der Waals surface area contributed by atoms with Crippen molar-refractivity contribution >= 4 is 57.8 Å². The van der Waals surface area contributed by atoms with E-state index in [9.17, 15) is 0 Å². The lowest BCUT2D eigenvalue weighted by molar-refractivity contribution is 0.405. The van der Waals surface area contributed by atoms with E-state index in [1.165, 1.54) is 0 Å². The van der Waals surface area contributed by atoms with Gasteiger partial charge in [0, 0.05) is 18.7 Å². The number of rotatable bonds is 6. The Morgan fingerprint density at radius 1 is 0.960 bits per heavy atom. The van der Waals surface area contributed by atoms with Crippen LogP contribution in [0.1, 0.15) is 5.56 Å². The van der Waals surface area contributed by atoms with Crippen molar-refractivity contribution in [1.82, 2.24) is 5.32 Å². The van der Waals surface area contributed by atoms with Crippen molar-refractivity contribution in [3.05, 3.63) is 51.0 Å². The Kier molecular flexibility index (Phi) is 7.44. The fraction of sp³-hybridized carbons (Fsp3) is 0.235. The highest BCUT2D eigenvalue weighted by Gasteiger charge is 2.11. The van der Waals surface area contributed by atoms with Gasteiger partial charge in [-0.25, -0.2) is 0 Å². The van der Waals surface area contributed by atoms with Crippen molar-refractivity contribution in [2.45, 2.75) is 6.42 Å². The molecule has 0 amide bonds. The first-order valence-corrected chi connectivity index (χ1v) is 8.89. The zero-order valence-corrected chi connectivity index (χ0v) is 16.7. The third-order valence-electron chi connectivity index (χ3n) is 3.41. The Balaban J connectivity index is 1.94. The third-order valence-corrected chi connectivity index (χ3v) is 4.69. The minimum Gasteiger partial charge on any atom is -0.495 e. The molecule has 0 aliphatic heterocycles. The van der Waals surface area contributed by atoms with Crippen molar-refractivity contribution in [2.24, 2.45) is 0 Å². The molecular weight excluding hydrogens is 403 g/mol. The molecule has 0 heterocycles. The van der Waals surface area contributed by atoms with Crippen LogP contribution in [0.15, 0.2) is 30.3 Å². The van der Waals surface area contributed by atoms with E-state index in [0.717, 1.165) is 12.0 Å². The summed E-state index contributed by atoms with van der Waals surface area (Å²) in [6, 6.07) is 8.95. The average molecular weight is 420 g/mol. The van der Waals surface area contributed by atoms with Crippen molar-refractivity contribution in [3.8, 4) is 11.5 Å². The Morgan fingerprint density at radius 3 is 2.32 bits per heavy atom. The SMILES string of the molecule is COc1cc(NC(=S)NCCc2ccc(Cl)c(Cl)c2)c(OC)cc1Cl. The molecule has 25 heavy (non-hydrogen) atoms. The monoisotopic (exact) mass is 418 g/mol. The van der Waals surface area contributed by atoms with E-state index in [1.54, 1.807) is 32.4 Å². The minimum atomic E-state index is 0.461. The quantitative estimate of drug-likeness (QED) is 0.630. The maximum Gasteiger partial charge on any atom is 0.170 e. The zero-order chi connectivity index (χ0) is 18.4. The molecule has 0 unspecified atom stereocenters. The van der Waals surface area contributed by atoms with Crippen LogP contribution in [0.5, 0.6) is 11.5 Å². The number of ether oxygens (including phenoxy) is 2. The lowest BCUT2D eigenvalue weighted by Gasteiger charge is -2.15. The molecule has 2 N–H and O–H groups in total. The summed E-state index contributed by atoms with van der Waals surface area (Å²) in [6.45, 7) is 0.636. The lowest BCUT2D eigenvalue weighted by Crippen LogP contribution is -2.30. The molecule has 0 fully saturated rings. The van der Waals surface area contributed by atoms with Gasteiger partial charge in [-0.1, -0.05) is 40.9 Å². The summed E-state index contributed by atoms with van der Waals surface area (Å²) in [5.74, 6) is 1.10. The fourth-order valence-electron chi connectivity index (χ4n) is 2.14. The number of halogens is 3. The second kappa shape index (κ2) is 9.34. The topological polar surface area (TPSA) is 42.5 Å². The van der Waals surface area contributed by atoms with Crippen LogP contribution in [0.3, 0.4) is 0 Å². The largest absolute Gasteiger partial charge is 0.495 e. The molecule has 0 aliphatic rings. The highest BCUT2D eigenvalue weighted by molar-refractivity contribution is 7.80. The summed E-state index contributed by atoms with van der Waals surface area (Å²) in [5.41, 5.74) is 1.73. The van der Waals surface area contributed by atoms with Crippen LogP contribution in [0.2, 0.25) is 15.1 Å². The van der Waals surface area contributed by atoms with Crippen LogP contribution in [0, 0.1) is 0 Å². The number of methoxy groups -OCH3 is 2. The molecule has 8 heteroatoms. The number of thiocarbonyl (C=S) groups is 1. The zero-order valence-electron chi connectivity index (χ0n) is 13.7. The number of hydrogen-bond acceptors (Lipinski definition) is 3. The van der Waals surface area contributed by atoms with Gasteiger partial charge in [0.2, 0.25) is 0 Å². The number of nitrogens with one attached hydrogen (secondary N) is 2. The van der Waals surface area contributed by atoms with Gasteiger partial charge in [0.25, 0.3) is 0 Å². The normalized spacial score (nSPS) is 10.3. The molecule has 2 aromatic rings. The van der Waals surface area contributed by atoms with E-state index < -0.39 is 0 Å². The van der Waals surface area contributed by atoms with E-state index in [4.69, 9.17) is 56.5 Å². The second-order valence-corrected chi connectivity index (χ2v) is 6.70. The number of hydrogen-bond donors (Lipinski definition) is 2. The van der Waals surface area contributed by atoms with Crippen LogP contribution >= 0.6 is 47.0 Å². The fourth-order valence-corrected chi connectivity index (χ4v) is 2.90. The standard InChI is InChI=1S/C17H17Cl3N2O2S/c1-23-15-9-14(16(24-2)8-13(15)20)22-17(25)21-6-5-10-3-4-11(18)12(19)7-10/h3-4,7-9H,5-6H2,1-2H3,(H2,21,22,25). The van der Waals surface area contributed by atoms with Gasteiger partial charge in [0.15, 0.2) is 5.11 Å². The first kappa shape index (κ1) is 19.9.